The van der Waals surface area contributed by atoms with Crippen LogP contribution in [0.3, 0.4) is 0 Å². The van der Waals surface area contributed by atoms with E-state index >= 15 is 0 Å². The normalized spacial score (nSPS) is 12.1. The summed E-state index contributed by atoms with van der Waals surface area (Å²) in [6.45, 7) is 1.91. The van der Waals surface area contributed by atoms with Gasteiger partial charge in [0, 0.05) is 23.9 Å². The minimum Gasteiger partial charge on any atom is -0.294 e. The van der Waals surface area contributed by atoms with Crippen LogP contribution in [0.5, 0.6) is 0 Å². The maximum Gasteiger partial charge on any atom is 0.170 e. The fourth-order valence-corrected chi connectivity index (χ4v) is 1.64. The Labute approximate surface area is 95.0 Å². The number of Topliss-reactive ketones (excluding diaryl/α,β-unsaturated/α-hetero) is 1. The molecule has 2 heteroatoms. The quantitative estimate of drug-likeness (QED) is 0.730. The molecule has 2 nitrogen and oxygen atoms in total. The summed E-state index contributed by atoms with van der Waals surface area (Å²) in [5, 5.41) is 0. The van der Waals surface area contributed by atoms with Crippen LogP contribution in [-0.4, -0.2) is 10.8 Å². The summed E-state index contributed by atoms with van der Waals surface area (Å²) in [6, 6.07) is 13.1. The number of carbonyl (C=O) groups is 1. The van der Waals surface area contributed by atoms with Crippen molar-refractivity contribution >= 4 is 5.78 Å². The average Bonchev–Trinajstić information content (AvgIpc) is 2.39. The first-order valence-electron chi connectivity index (χ1n) is 5.28. The lowest BCUT2D eigenvalue weighted by atomic mass is 9.94. The highest BCUT2D eigenvalue weighted by molar-refractivity contribution is 6.00. The standard InChI is InChI=1S/C14H13NO/c1-11(13-8-5-9-15-10-13)14(16)12-6-3-2-4-7-12/h2-11H,1H3/t11-/m1/s1. The van der Waals surface area contributed by atoms with Crippen molar-refractivity contribution in [2.45, 2.75) is 12.8 Å². The van der Waals surface area contributed by atoms with Gasteiger partial charge >= 0.3 is 0 Å². The number of ketones is 1. The highest BCUT2D eigenvalue weighted by Gasteiger charge is 2.16. The maximum atomic E-state index is 12.1. The van der Waals surface area contributed by atoms with Gasteiger partial charge in [0.25, 0.3) is 0 Å². The van der Waals surface area contributed by atoms with Crippen LogP contribution in [0.15, 0.2) is 54.9 Å². The molecule has 2 aromatic rings. The number of pyridine rings is 1. The fraction of sp³-hybridized carbons (Fsp3) is 0.143. The number of benzene rings is 1. The van der Waals surface area contributed by atoms with Crippen molar-refractivity contribution in [2.75, 3.05) is 0 Å². The Morgan fingerprint density at radius 2 is 1.88 bits per heavy atom. The van der Waals surface area contributed by atoms with Gasteiger partial charge in [-0.05, 0) is 11.6 Å². The van der Waals surface area contributed by atoms with Gasteiger partial charge in [-0.15, -0.1) is 0 Å². The third kappa shape index (κ3) is 2.16. The van der Waals surface area contributed by atoms with E-state index in [1.54, 1.807) is 12.4 Å². The molecule has 0 bridgehead atoms. The zero-order valence-electron chi connectivity index (χ0n) is 9.13. The van der Waals surface area contributed by atoms with Crippen molar-refractivity contribution in [1.82, 2.24) is 4.98 Å². The van der Waals surface area contributed by atoms with E-state index in [1.165, 1.54) is 0 Å². The first-order chi connectivity index (χ1) is 7.79. The lowest BCUT2D eigenvalue weighted by Gasteiger charge is -2.09. The van der Waals surface area contributed by atoms with E-state index < -0.39 is 0 Å². The molecule has 1 aromatic heterocycles. The summed E-state index contributed by atoms with van der Waals surface area (Å²) in [6.07, 6.45) is 3.45. The smallest absolute Gasteiger partial charge is 0.170 e. The number of aromatic nitrogens is 1. The highest BCUT2D eigenvalue weighted by Crippen LogP contribution is 2.19. The number of hydrogen-bond donors (Lipinski definition) is 0. The van der Waals surface area contributed by atoms with E-state index in [9.17, 15) is 4.79 Å². The van der Waals surface area contributed by atoms with E-state index in [4.69, 9.17) is 0 Å². The number of nitrogens with zero attached hydrogens (tertiary/aromatic N) is 1. The molecule has 1 heterocycles. The van der Waals surface area contributed by atoms with Crippen LogP contribution >= 0.6 is 0 Å². The van der Waals surface area contributed by atoms with Crippen LogP contribution in [0.2, 0.25) is 0 Å². The van der Waals surface area contributed by atoms with Gasteiger partial charge in [-0.1, -0.05) is 43.3 Å². The van der Waals surface area contributed by atoms with Gasteiger partial charge in [-0.2, -0.15) is 0 Å². The Balaban J connectivity index is 2.24. The van der Waals surface area contributed by atoms with Gasteiger partial charge in [0.05, 0.1) is 0 Å². The molecule has 16 heavy (non-hydrogen) atoms. The van der Waals surface area contributed by atoms with Gasteiger partial charge in [0.1, 0.15) is 0 Å². The van der Waals surface area contributed by atoms with Crippen LogP contribution < -0.4 is 0 Å². The first-order valence-corrected chi connectivity index (χ1v) is 5.28. The van der Waals surface area contributed by atoms with E-state index in [1.807, 2.05) is 49.4 Å². The Hall–Kier alpha value is -1.96. The third-order valence-electron chi connectivity index (χ3n) is 2.64. The molecule has 1 atom stereocenters. The van der Waals surface area contributed by atoms with Crippen molar-refractivity contribution in [3.05, 3.63) is 66.0 Å². The molecule has 0 N–H and O–H groups in total. The predicted octanol–water partition coefficient (Wildman–Crippen LogP) is 3.07. The summed E-state index contributed by atoms with van der Waals surface area (Å²) < 4.78 is 0. The zero-order chi connectivity index (χ0) is 11.4. The van der Waals surface area contributed by atoms with Gasteiger partial charge in [0.15, 0.2) is 5.78 Å². The largest absolute Gasteiger partial charge is 0.294 e. The van der Waals surface area contributed by atoms with E-state index in [0.717, 1.165) is 11.1 Å². The Kier molecular flexibility index (Phi) is 3.10. The van der Waals surface area contributed by atoms with E-state index in [0.29, 0.717) is 0 Å². The molecular weight excluding hydrogens is 198 g/mol. The molecule has 0 aliphatic rings. The monoisotopic (exact) mass is 211 g/mol. The van der Waals surface area contributed by atoms with Crippen LogP contribution in [0.4, 0.5) is 0 Å². The molecule has 0 amide bonds. The highest BCUT2D eigenvalue weighted by atomic mass is 16.1. The van der Waals surface area contributed by atoms with Gasteiger partial charge in [-0.25, -0.2) is 0 Å². The zero-order valence-corrected chi connectivity index (χ0v) is 9.13. The van der Waals surface area contributed by atoms with Crippen LogP contribution in [0, 0.1) is 0 Å². The predicted molar refractivity (Wildman–Crippen MR) is 63.4 cm³/mol. The van der Waals surface area contributed by atoms with Crippen LogP contribution in [0.25, 0.3) is 0 Å². The van der Waals surface area contributed by atoms with Gasteiger partial charge in [-0.3, -0.25) is 9.78 Å². The molecule has 1 aromatic carbocycles. The van der Waals surface area contributed by atoms with E-state index in [2.05, 4.69) is 4.98 Å². The fourth-order valence-electron chi connectivity index (χ4n) is 1.64. The second-order valence-corrected chi connectivity index (χ2v) is 3.74. The van der Waals surface area contributed by atoms with Crippen molar-refractivity contribution in [3.63, 3.8) is 0 Å². The van der Waals surface area contributed by atoms with Crippen molar-refractivity contribution in [1.29, 1.82) is 0 Å². The van der Waals surface area contributed by atoms with E-state index in [-0.39, 0.29) is 11.7 Å². The van der Waals surface area contributed by atoms with Crippen molar-refractivity contribution < 1.29 is 4.79 Å². The molecular formula is C14H13NO. The molecule has 0 spiro atoms. The van der Waals surface area contributed by atoms with Crippen molar-refractivity contribution in [2.24, 2.45) is 0 Å². The Morgan fingerprint density at radius 3 is 2.50 bits per heavy atom. The SMILES string of the molecule is C[C@@H](C(=O)c1ccccc1)c1cccnc1. The topological polar surface area (TPSA) is 30.0 Å². The first kappa shape index (κ1) is 10.6. The summed E-state index contributed by atoms with van der Waals surface area (Å²) in [7, 11) is 0. The van der Waals surface area contributed by atoms with Gasteiger partial charge in [0.2, 0.25) is 0 Å². The molecule has 0 aliphatic heterocycles. The Morgan fingerprint density at radius 1 is 1.12 bits per heavy atom. The molecule has 0 unspecified atom stereocenters. The second-order valence-electron chi connectivity index (χ2n) is 3.74. The number of carbonyl (C=O) groups excluding carboxylic acids is 1. The molecule has 0 aliphatic carbocycles. The summed E-state index contributed by atoms with van der Waals surface area (Å²) in [5.41, 5.74) is 1.70. The summed E-state index contributed by atoms with van der Waals surface area (Å²) >= 11 is 0. The lowest BCUT2D eigenvalue weighted by molar-refractivity contribution is 0.0966. The van der Waals surface area contributed by atoms with Crippen LogP contribution in [-0.2, 0) is 0 Å². The maximum absolute atomic E-state index is 12.1. The molecule has 2 rings (SSSR count). The minimum absolute atomic E-state index is 0.133. The summed E-state index contributed by atoms with van der Waals surface area (Å²) in [4.78, 5) is 16.1. The second kappa shape index (κ2) is 4.71. The molecule has 80 valence electrons. The van der Waals surface area contributed by atoms with Gasteiger partial charge < -0.3 is 0 Å². The minimum atomic E-state index is -0.143. The third-order valence-corrected chi connectivity index (χ3v) is 2.64. The molecule has 0 saturated carbocycles. The van der Waals surface area contributed by atoms with Crippen molar-refractivity contribution in [3.8, 4) is 0 Å². The Bertz CT molecular complexity index is 465. The average molecular weight is 211 g/mol. The molecule has 0 saturated heterocycles. The number of hydrogen-bond acceptors (Lipinski definition) is 2. The number of rotatable bonds is 3. The molecule has 0 fully saturated rings. The lowest BCUT2D eigenvalue weighted by Crippen LogP contribution is -2.09. The van der Waals surface area contributed by atoms with Crippen LogP contribution in [0.1, 0.15) is 28.8 Å². The summed E-state index contributed by atoms with van der Waals surface area (Å²) in [5.74, 6) is -0.00954. The molecule has 0 radical (unpaired) electrons.